The fourth-order valence-corrected chi connectivity index (χ4v) is 3.70. The van der Waals surface area contributed by atoms with E-state index in [4.69, 9.17) is 11.6 Å². The van der Waals surface area contributed by atoms with Gasteiger partial charge in [-0.3, -0.25) is 9.78 Å². The maximum Gasteiger partial charge on any atom is 0.223 e. The van der Waals surface area contributed by atoms with Crippen LogP contribution in [0.4, 0.5) is 5.82 Å². The average Bonchev–Trinajstić information content (AvgIpc) is 2.79. The molecule has 1 saturated heterocycles. The minimum absolute atomic E-state index is 0.0105. The first-order chi connectivity index (χ1) is 14.2. The van der Waals surface area contributed by atoms with Gasteiger partial charge in [-0.1, -0.05) is 29.8 Å². The van der Waals surface area contributed by atoms with Crippen LogP contribution in [0, 0.1) is 5.92 Å². The van der Waals surface area contributed by atoms with E-state index >= 15 is 0 Å². The second kappa shape index (κ2) is 9.01. The monoisotopic (exact) mass is 407 g/mol. The Morgan fingerprint density at radius 1 is 1.07 bits per heavy atom. The zero-order chi connectivity index (χ0) is 20.1. The summed E-state index contributed by atoms with van der Waals surface area (Å²) in [5.41, 5.74) is 2.68. The first kappa shape index (κ1) is 19.3. The van der Waals surface area contributed by atoms with Crippen molar-refractivity contribution in [2.45, 2.75) is 19.4 Å². The van der Waals surface area contributed by atoms with Gasteiger partial charge in [0.1, 0.15) is 0 Å². The summed E-state index contributed by atoms with van der Waals surface area (Å²) in [5.74, 6) is 0.937. The maximum atomic E-state index is 12.5. The molecule has 1 aliphatic rings. The largest absolute Gasteiger partial charge is 0.355 e. The van der Waals surface area contributed by atoms with Crippen molar-refractivity contribution in [3.63, 3.8) is 0 Å². The Balaban J connectivity index is 1.30. The third kappa shape index (κ3) is 4.71. The van der Waals surface area contributed by atoms with E-state index < -0.39 is 0 Å². The van der Waals surface area contributed by atoms with Crippen molar-refractivity contribution in [3.05, 3.63) is 71.5 Å². The molecule has 1 aliphatic heterocycles. The van der Waals surface area contributed by atoms with E-state index in [1.165, 1.54) is 0 Å². The third-order valence-electron chi connectivity index (χ3n) is 5.21. The number of nitrogens with zero attached hydrogens (tertiary/aromatic N) is 4. The number of anilines is 1. The highest BCUT2D eigenvalue weighted by atomic mass is 35.5. The molecule has 6 nitrogen and oxygen atoms in total. The van der Waals surface area contributed by atoms with Gasteiger partial charge in [-0.2, -0.15) is 0 Å². The van der Waals surface area contributed by atoms with Crippen LogP contribution in [0.5, 0.6) is 0 Å². The van der Waals surface area contributed by atoms with Gasteiger partial charge < -0.3 is 10.2 Å². The highest BCUT2D eigenvalue weighted by molar-refractivity contribution is 6.31. The van der Waals surface area contributed by atoms with E-state index in [9.17, 15) is 4.79 Å². The first-order valence-electron chi connectivity index (χ1n) is 9.71. The van der Waals surface area contributed by atoms with E-state index in [0.29, 0.717) is 11.6 Å². The lowest BCUT2D eigenvalue weighted by Gasteiger charge is -2.31. The van der Waals surface area contributed by atoms with Crippen molar-refractivity contribution in [2.75, 3.05) is 18.0 Å². The number of carbonyl (C=O) groups excluding carboxylic acids is 1. The summed E-state index contributed by atoms with van der Waals surface area (Å²) in [6, 6.07) is 15.4. The Labute approximate surface area is 174 Å². The topological polar surface area (TPSA) is 71.0 Å². The van der Waals surface area contributed by atoms with E-state index in [1.54, 1.807) is 12.4 Å². The molecular weight excluding hydrogens is 386 g/mol. The smallest absolute Gasteiger partial charge is 0.223 e. The number of halogens is 1. The van der Waals surface area contributed by atoms with E-state index in [1.807, 2.05) is 48.5 Å². The molecule has 1 amide bonds. The Hall–Kier alpha value is -2.99. The van der Waals surface area contributed by atoms with Crippen LogP contribution in [-0.4, -0.2) is 34.2 Å². The zero-order valence-corrected chi connectivity index (χ0v) is 16.7. The van der Waals surface area contributed by atoms with Crippen molar-refractivity contribution in [1.82, 2.24) is 20.5 Å². The predicted octanol–water partition coefficient (Wildman–Crippen LogP) is 3.72. The number of piperidine rings is 1. The highest BCUT2D eigenvalue weighted by Gasteiger charge is 2.25. The molecule has 0 aliphatic carbocycles. The first-order valence-corrected chi connectivity index (χ1v) is 10.1. The summed E-state index contributed by atoms with van der Waals surface area (Å²) in [5, 5.41) is 12.4. The number of benzene rings is 1. The Morgan fingerprint density at radius 3 is 2.59 bits per heavy atom. The summed E-state index contributed by atoms with van der Waals surface area (Å²) >= 11 is 6.16. The molecule has 0 unspecified atom stereocenters. The van der Waals surface area contributed by atoms with Crippen LogP contribution in [-0.2, 0) is 11.3 Å². The molecule has 29 heavy (non-hydrogen) atoms. The molecule has 1 fully saturated rings. The van der Waals surface area contributed by atoms with Crippen LogP contribution >= 0.6 is 11.6 Å². The van der Waals surface area contributed by atoms with Crippen molar-refractivity contribution < 1.29 is 4.79 Å². The molecule has 4 rings (SSSR count). The number of hydrogen-bond acceptors (Lipinski definition) is 5. The molecular formula is C22H22ClN5O. The third-order valence-corrected chi connectivity index (χ3v) is 5.58. The van der Waals surface area contributed by atoms with Gasteiger partial charge in [-0.05, 0) is 48.7 Å². The normalized spacial score (nSPS) is 14.6. The number of carbonyl (C=O) groups is 1. The summed E-state index contributed by atoms with van der Waals surface area (Å²) in [7, 11) is 0. The zero-order valence-electron chi connectivity index (χ0n) is 16.0. The van der Waals surface area contributed by atoms with E-state index in [-0.39, 0.29) is 11.8 Å². The molecule has 0 atom stereocenters. The van der Waals surface area contributed by atoms with E-state index in [2.05, 4.69) is 25.4 Å². The van der Waals surface area contributed by atoms with Crippen molar-refractivity contribution in [1.29, 1.82) is 0 Å². The lowest BCUT2D eigenvalue weighted by atomic mass is 9.96. The Bertz CT molecular complexity index is 956. The van der Waals surface area contributed by atoms with Crippen LogP contribution in [0.3, 0.4) is 0 Å². The van der Waals surface area contributed by atoms with Crippen LogP contribution < -0.4 is 10.2 Å². The van der Waals surface area contributed by atoms with Crippen molar-refractivity contribution in [2.24, 2.45) is 5.92 Å². The second-order valence-electron chi connectivity index (χ2n) is 7.09. The van der Waals surface area contributed by atoms with Crippen molar-refractivity contribution >= 4 is 23.3 Å². The molecule has 148 valence electrons. The van der Waals surface area contributed by atoms with Gasteiger partial charge in [-0.15, -0.1) is 10.2 Å². The van der Waals surface area contributed by atoms with Crippen molar-refractivity contribution in [3.8, 4) is 11.3 Å². The van der Waals surface area contributed by atoms with Gasteiger partial charge in [0.25, 0.3) is 0 Å². The van der Waals surface area contributed by atoms with Crippen LogP contribution in [0.15, 0.2) is 60.9 Å². The molecule has 3 heterocycles. The highest BCUT2D eigenvalue weighted by Crippen LogP contribution is 2.23. The SMILES string of the molecule is O=C(NCc1ccccc1Cl)C1CCN(c2ccc(-c3cccnc3)nn2)CC1. The predicted molar refractivity (Wildman–Crippen MR) is 113 cm³/mol. The molecule has 7 heteroatoms. The fourth-order valence-electron chi connectivity index (χ4n) is 3.50. The van der Waals surface area contributed by atoms with Crippen LogP contribution in [0.1, 0.15) is 18.4 Å². The van der Waals surface area contributed by atoms with Gasteiger partial charge in [0.2, 0.25) is 5.91 Å². The average molecular weight is 408 g/mol. The summed E-state index contributed by atoms with van der Waals surface area (Å²) in [6.07, 6.45) is 5.09. The minimum Gasteiger partial charge on any atom is -0.355 e. The number of hydrogen-bond donors (Lipinski definition) is 1. The molecule has 0 bridgehead atoms. The molecule has 0 radical (unpaired) electrons. The number of rotatable bonds is 5. The fraction of sp³-hybridized carbons (Fsp3) is 0.273. The number of pyridine rings is 1. The quantitative estimate of drug-likeness (QED) is 0.697. The van der Waals surface area contributed by atoms with E-state index in [0.717, 1.165) is 48.6 Å². The molecule has 2 aromatic heterocycles. The molecule has 1 N–H and O–H groups in total. The number of amides is 1. The van der Waals surface area contributed by atoms with Gasteiger partial charge in [0.15, 0.2) is 5.82 Å². The van der Waals surface area contributed by atoms with Crippen LogP contribution in [0.25, 0.3) is 11.3 Å². The number of aromatic nitrogens is 3. The van der Waals surface area contributed by atoms with Gasteiger partial charge in [0.05, 0.1) is 5.69 Å². The van der Waals surface area contributed by atoms with Crippen LogP contribution in [0.2, 0.25) is 5.02 Å². The minimum atomic E-state index is 0.0105. The molecule has 1 aromatic carbocycles. The molecule has 0 saturated carbocycles. The lowest BCUT2D eigenvalue weighted by Crippen LogP contribution is -2.40. The summed E-state index contributed by atoms with van der Waals surface area (Å²) in [6.45, 7) is 2.02. The van der Waals surface area contributed by atoms with Gasteiger partial charge >= 0.3 is 0 Å². The van der Waals surface area contributed by atoms with Gasteiger partial charge in [-0.25, -0.2) is 0 Å². The Morgan fingerprint density at radius 2 is 1.90 bits per heavy atom. The molecule has 3 aromatic rings. The number of nitrogens with one attached hydrogen (secondary N) is 1. The molecule has 0 spiro atoms. The maximum absolute atomic E-state index is 12.5. The summed E-state index contributed by atoms with van der Waals surface area (Å²) in [4.78, 5) is 18.8. The second-order valence-corrected chi connectivity index (χ2v) is 7.50. The summed E-state index contributed by atoms with van der Waals surface area (Å²) < 4.78 is 0. The van der Waals surface area contributed by atoms with Gasteiger partial charge in [0, 0.05) is 48.5 Å². The standard InChI is InChI=1S/C22H22ClN5O/c23-19-6-2-1-4-17(19)15-25-22(29)16-9-12-28(13-10-16)21-8-7-20(26-27-21)18-5-3-11-24-14-18/h1-8,11,14,16H,9-10,12-13,15H2,(H,25,29). The lowest BCUT2D eigenvalue weighted by molar-refractivity contribution is -0.125. The Kier molecular flexibility index (Phi) is 6.00.